The maximum absolute atomic E-state index is 12.4. The Hall–Kier alpha value is -3.35. The number of benzene rings is 1. The first kappa shape index (κ1) is 21.0. The van der Waals surface area contributed by atoms with E-state index in [0.717, 1.165) is 0 Å². The second-order valence-electron chi connectivity index (χ2n) is 7.44. The Morgan fingerprint density at radius 3 is 2.61 bits per heavy atom. The number of nitrogens with zero attached hydrogens (tertiary/aromatic N) is 4. The summed E-state index contributed by atoms with van der Waals surface area (Å²) in [6, 6.07) is 5.17. The van der Waals surface area contributed by atoms with E-state index in [1.165, 1.54) is 23.1 Å². The van der Waals surface area contributed by atoms with E-state index in [4.69, 9.17) is 10.00 Å². The van der Waals surface area contributed by atoms with Gasteiger partial charge in [0.25, 0.3) is 5.69 Å². The predicted octanol–water partition coefficient (Wildman–Crippen LogP) is 2.37. The highest BCUT2D eigenvalue weighted by Crippen LogP contribution is 2.33. The first-order chi connectivity index (χ1) is 13.0. The highest BCUT2D eigenvalue weighted by molar-refractivity contribution is 5.73. The molecule has 0 spiro atoms. The van der Waals surface area contributed by atoms with Crippen LogP contribution in [-0.4, -0.2) is 58.3 Å². The van der Waals surface area contributed by atoms with Crippen LogP contribution < -0.4 is 4.90 Å². The molecule has 2 rings (SSSR count). The molecule has 0 bridgehead atoms. The summed E-state index contributed by atoms with van der Waals surface area (Å²) in [5.74, 6) is -1.10. The number of piperazine rings is 1. The van der Waals surface area contributed by atoms with Crippen LogP contribution in [0, 0.1) is 21.4 Å². The Kier molecular flexibility index (Phi) is 6.08. The monoisotopic (exact) mass is 390 g/mol. The van der Waals surface area contributed by atoms with Crippen LogP contribution >= 0.6 is 0 Å². The molecule has 0 radical (unpaired) electrons. The van der Waals surface area contributed by atoms with E-state index < -0.39 is 28.6 Å². The number of nitriles is 1. The van der Waals surface area contributed by atoms with Gasteiger partial charge in [0.1, 0.15) is 11.3 Å². The molecule has 1 unspecified atom stereocenters. The second-order valence-corrected chi connectivity index (χ2v) is 7.44. The largest absolute Gasteiger partial charge is 0.481 e. The first-order valence-electron chi connectivity index (χ1n) is 8.66. The van der Waals surface area contributed by atoms with E-state index >= 15 is 0 Å². The number of rotatable bonds is 4. The van der Waals surface area contributed by atoms with E-state index in [1.807, 2.05) is 6.07 Å². The maximum Gasteiger partial charge on any atom is 0.410 e. The molecule has 1 aliphatic rings. The molecular weight excluding hydrogens is 368 g/mol. The molecule has 1 heterocycles. The SMILES string of the molecule is CC(C)(C)OC(=O)N1CCN(c2cc(C#N)ccc2[N+](=O)[O-])C(CC(=O)O)C1. The number of nitro groups is 1. The number of carbonyl (C=O) groups is 2. The molecule has 1 atom stereocenters. The van der Waals surface area contributed by atoms with Crippen molar-refractivity contribution in [3.63, 3.8) is 0 Å². The number of carbonyl (C=O) groups excluding carboxylic acids is 1. The topological polar surface area (TPSA) is 137 Å². The van der Waals surface area contributed by atoms with E-state index in [1.54, 1.807) is 25.7 Å². The summed E-state index contributed by atoms with van der Waals surface area (Å²) in [7, 11) is 0. The van der Waals surface area contributed by atoms with Gasteiger partial charge in [-0.05, 0) is 32.9 Å². The highest BCUT2D eigenvalue weighted by Gasteiger charge is 2.35. The average Bonchev–Trinajstić information content (AvgIpc) is 2.59. The molecule has 10 heteroatoms. The van der Waals surface area contributed by atoms with E-state index in [9.17, 15) is 24.8 Å². The number of aliphatic carboxylic acids is 1. The van der Waals surface area contributed by atoms with Gasteiger partial charge in [-0.25, -0.2) is 4.79 Å². The third-order valence-electron chi connectivity index (χ3n) is 4.16. The molecule has 0 saturated carbocycles. The summed E-state index contributed by atoms with van der Waals surface area (Å²) in [5, 5.41) is 29.8. The fraction of sp³-hybridized carbons (Fsp3) is 0.500. The van der Waals surface area contributed by atoms with E-state index in [0.29, 0.717) is 0 Å². The van der Waals surface area contributed by atoms with Crippen LogP contribution in [0.1, 0.15) is 32.8 Å². The lowest BCUT2D eigenvalue weighted by atomic mass is 10.1. The summed E-state index contributed by atoms with van der Waals surface area (Å²) < 4.78 is 5.34. The van der Waals surface area contributed by atoms with Crippen LogP contribution in [0.25, 0.3) is 0 Å². The zero-order valence-electron chi connectivity index (χ0n) is 15.9. The Labute approximate surface area is 162 Å². The van der Waals surface area contributed by atoms with Gasteiger partial charge in [-0.15, -0.1) is 0 Å². The van der Waals surface area contributed by atoms with Gasteiger partial charge in [0.05, 0.1) is 29.0 Å². The minimum absolute atomic E-state index is 0.0369. The van der Waals surface area contributed by atoms with Crippen molar-refractivity contribution in [2.45, 2.75) is 38.8 Å². The Morgan fingerprint density at radius 1 is 1.39 bits per heavy atom. The zero-order chi connectivity index (χ0) is 21.1. The van der Waals surface area contributed by atoms with Crippen molar-refractivity contribution in [3.8, 4) is 6.07 Å². The van der Waals surface area contributed by atoms with Gasteiger partial charge < -0.3 is 19.6 Å². The molecule has 150 valence electrons. The lowest BCUT2D eigenvalue weighted by Crippen LogP contribution is -2.56. The number of ether oxygens (including phenoxy) is 1. The van der Waals surface area contributed by atoms with Crippen molar-refractivity contribution in [3.05, 3.63) is 33.9 Å². The molecule has 28 heavy (non-hydrogen) atoms. The lowest BCUT2D eigenvalue weighted by molar-refractivity contribution is -0.384. The highest BCUT2D eigenvalue weighted by atomic mass is 16.6. The summed E-state index contributed by atoms with van der Waals surface area (Å²) in [6.45, 7) is 5.60. The fourth-order valence-corrected chi connectivity index (χ4v) is 3.02. The molecule has 0 aliphatic carbocycles. The standard InChI is InChI=1S/C18H22N4O6/c1-18(2,3)28-17(25)20-6-7-21(13(11-20)9-16(23)24)15-8-12(10-19)4-5-14(15)22(26)27/h4-5,8,13H,6-7,9,11H2,1-3H3,(H,23,24). The molecule has 1 aliphatic heterocycles. The van der Waals surface area contributed by atoms with Gasteiger partial charge in [0, 0.05) is 25.7 Å². The Morgan fingerprint density at radius 2 is 2.07 bits per heavy atom. The molecular formula is C18H22N4O6. The van der Waals surface area contributed by atoms with Gasteiger partial charge in [-0.3, -0.25) is 14.9 Å². The maximum atomic E-state index is 12.4. The van der Waals surface area contributed by atoms with Gasteiger partial charge in [-0.1, -0.05) is 0 Å². The van der Waals surface area contributed by atoms with Crippen LogP contribution in [0.5, 0.6) is 0 Å². The van der Waals surface area contributed by atoms with Crippen molar-refractivity contribution in [2.24, 2.45) is 0 Å². The number of hydrogen-bond acceptors (Lipinski definition) is 7. The van der Waals surface area contributed by atoms with E-state index in [2.05, 4.69) is 0 Å². The van der Waals surface area contributed by atoms with Crippen LogP contribution in [0.4, 0.5) is 16.2 Å². The number of anilines is 1. The third kappa shape index (κ3) is 5.09. The second kappa shape index (κ2) is 8.12. The van der Waals surface area contributed by atoms with Crippen molar-refractivity contribution < 1.29 is 24.4 Å². The minimum atomic E-state index is -1.10. The molecule has 1 N–H and O–H groups in total. The normalized spacial score (nSPS) is 17.0. The van der Waals surface area contributed by atoms with E-state index in [-0.39, 0.29) is 43.0 Å². The van der Waals surface area contributed by atoms with Crippen molar-refractivity contribution >= 4 is 23.4 Å². The Bertz CT molecular complexity index is 826. The molecule has 10 nitrogen and oxygen atoms in total. The van der Waals surface area contributed by atoms with Crippen molar-refractivity contribution in [1.29, 1.82) is 5.26 Å². The molecule has 1 aromatic rings. The zero-order valence-corrected chi connectivity index (χ0v) is 15.9. The minimum Gasteiger partial charge on any atom is -0.481 e. The number of carboxylic acid groups (broad SMARTS) is 1. The number of carboxylic acids is 1. The lowest BCUT2D eigenvalue weighted by Gasteiger charge is -2.42. The summed E-state index contributed by atoms with van der Waals surface area (Å²) in [4.78, 5) is 37.5. The van der Waals surface area contributed by atoms with Gasteiger partial charge in [-0.2, -0.15) is 5.26 Å². The Balaban J connectivity index is 2.35. The smallest absolute Gasteiger partial charge is 0.410 e. The quantitative estimate of drug-likeness (QED) is 0.611. The summed E-state index contributed by atoms with van der Waals surface area (Å²) in [6.07, 6.45) is -0.893. The molecule has 1 fully saturated rings. The average molecular weight is 390 g/mol. The van der Waals surface area contributed by atoms with Crippen molar-refractivity contribution in [2.75, 3.05) is 24.5 Å². The first-order valence-corrected chi connectivity index (χ1v) is 8.66. The molecule has 1 saturated heterocycles. The van der Waals surface area contributed by atoms with Crippen LogP contribution in [0.15, 0.2) is 18.2 Å². The van der Waals surface area contributed by atoms with Gasteiger partial charge in [0.2, 0.25) is 0 Å². The third-order valence-corrected chi connectivity index (χ3v) is 4.16. The fourth-order valence-electron chi connectivity index (χ4n) is 3.02. The van der Waals surface area contributed by atoms with Crippen LogP contribution in [0.2, 0.25) is 0 Å². The predicted molar refractivity (Wildman–Crippen MR) is 99.0 cm³/mol. The number of amides is 1. The van der Waals surface area contributed by atoms with Gasteiger partial charge in [0.15, 0.2) is 0 Å². The number of nitro benzene ring substituents is 1. The molecule has 1 amide bonds. The summed E-state index contributed by atoms with van der Waals surface area (Å²) in [5.41, 5.74) is -0.528. The van der Waals surface area contributed by atoms with Crippen LogP contribution in [-0.2, 0) is 9.53 Å². The number of hydrogen-bond donors (Lipinski definition) is 1. The molecule has 0 aromatic heterocycles. The van der Waals surface area contributed by atoms with Crippen LogP contribution in [0.3, 0.4) is 0 Å². The van der Waals surface area contributed by atoms with Gasteiger partial charge >= 0.3 is 12.1 Å². The molecule has 1 aromatic carbocycles. The summed E-state index contributed by atoms with van der Waals surface area (Å²) >= 11 is 0. The van der Waals surface area contributed by atoms with Crippen molar-refractivity contribution in [1.82, 2.24) is 4.90 Å².